The summed E-state index contributed by atoms with van der Waals surface area (Å²) < 4.78 is 7.13. The zero-order valence-electron chi connectivity index (χ0n) is 18.2. The highest BCUT2D eigenvalue weighted by Crippen LogP contribution is 2.28. The third-order valence-electron chi connectivity index (χ3n) is 5.60. The summed E-state index contributed by atoms with van der Waals surface area (Å²) in [7, 11) is 0. The topological polar surface area (TPSA) is 97.7 Å². The molecular weight excluding hydrogens is 398 g/mol. The van der Waals surface area contributed by atoms with Crippen molar-refractivity contribution in [1.82, 2.24) is 14.8 Å². The number of benzene rings is 1. The van der Waals surface area contributed by atoms with Gasteiger partial charge < -0.3 is 14.6 Å². The van der Waals surface area contributed by atoms with Crippen molar-refractivity contribution < 1.29 is 23.9 Å². The molecule has 0 unspecified atom stereocenters. The van der Waals surface area contributed by atoms with Crippen molar-refractivity contribution in [2.24, 2.45) is 0 Å². The molecule has 1 aliphatic heterocycles. The molecule has 0 saturated carbocycles. The lowest BCUT2D eigenvalue weighted by Crippen LogP contribution is -2.41. The molecule has 1 atom stereocenters. The molecule has 1 saturated heterocycles. The quantitative estimate of drug-likeness (QED) is 0.398. The Morgan fingerprint density at radius 3 is 2.45 bits per heavy atom. The minimum atomic E-state index is -1.26. The molecule has 3 amide bonds. The van der Waals surface area contributed by atoms with E-state index in [9.17, 15) is 19.2 Å². The van der Waals surface area contributed by atoms with E-state index < -0.39 is 36.6 Å². The van der Waals surface area contributed by atoms with Gasteiger partial charge in [0.2, 0.25) is 5.78 Å². The number of urea groups is 1. The molecule has 164 valence electrons. The van der Waals surface area contributed by atoms with Crippen LogP contribution in [0.25, 0.3) is 0 Å². The molecule has 31 heavy (non-hydrogen) atoms. The molecule has 0 spiro atoms. The summed E-state index contributed by atoms with van der Waals surface area (Å²) in [5, 5.41) is 2.63. The molecule has 1 aliphatic rings. The maximum Gasteiger partial charge on any atom is 0.326 e. The van der Waals surface area contributed by atoms with Crippen LogP contribution in [0.2, 0.25) is 0 Å². The van der Waals surface area contributed by atoms with Crippen molar-refractivity contribution in [2.45, 2.75) is 46.2 Å². The number of aryl methyl sites for hydroxylation is 1. The van der Waals surface area contributed by atoms with E-state index in [4.69, 9.17) is 4.74 Å². The average Bonchev–Trinajstić information content (AvgIpc) is 3.15. The number of hydrogen-bond acceptors (Lipinski definition) is 5. The average molecular weight is 425 g/mol. The number of rotatable bonds is 8. The number of aromatic nitrogens is 1. The van der Waals surface area contributed by atoms with E-state index in [1.807, 2.05) is 18.4 Å². The number of carbonyl (C=O) groups excluding carboxylic acids is 4. The van der Waals surface area contributed by atoms with Gasteiger partial charge in [-0.1, -0.05) is 37.3 Å². The van der Waals surface area contributed by atoms with Crippen molar-refractivity contribution in [3.8, 4) is 0 Å². The number of esters is 1. The predicted octanol–water partition coefficient (Wildman–Crippen LogP) is 2.71. The first-order chi connectivity index (χ1) is 14.7. The van der Waals surface area contributed by atoms with E-state index in [2.05, 4.69) is 12.2 Å². The number of nitrogens with one attached hydrogen (secondary N) is 1. The molecule has 1 aromatic carbocycles. The zero-order chi connectivity index (χ0) is 22.8. The third kappa shape index (κ3) is 4.23. The standard InChI is InChI=1S/C23H27N3O5/c1-5-11-25-15(2)12-18(16(25)3)19(27)14-31-20(28)13-26-21(29)23(4,24-22(26)30)17-9-7-6-8-10-17/h6-10,12H,5,11,13-14H2,1-4H3,(H,24,30)/t23-/m1/s1. The number of hydrogen-bond donors (Lipinski definition) is 1. The number of ketones is 1. The second kappa shape index (κ2) is 8.75. The van der Waals surface area contributed by atoms with Crippen LogP contribution in [0.3, 0.4) is 0 Å². The lowest BCUT2D eigenvalue weighted by molar-refractivity contribution is -0.146. The van der Waals surface area contributed by atoms with E-state index >= 15 is 0 Å². The van der Waals surface area contributed by atoms with Gasteiger partial charge in [-0.15, -0.1) is 0 Å². The van der Waals surface area contributed by atoms with Crippen molar-refractivity contribution in [3.05, 3.63) is 58.9 Å². The summed E-state index contributed by atoms with van der Waals surface area (Å²) in [6, 6.07) is 9.90. The van der Waals surface area contributed by atoms with Crippen LogP contribution < -0.4 is 5.32 Å². The molecule has 0 aliphatic carbocycles. The summed E-state index contributed by atoms with van der Waals surface area (Å²) in [5.41, 5.74) is 1.65. The normalized spacial score (nSPS) is 18.3. The molecule has 2 heterocycles. The zero-order valence-corrected chi connectivity index (χ0v) is 18.2. The van der Waals surface area contributed by atoms with Crippen molar-refractivity contribution in [1.29, 1.82) is 0 Å². The smallest absolute Gasteiger partial charge is 0.326 e. The summed E-state index contributed by atoms with van der Waals surface area (Å²) in [6.07, 6.45) is 0.937. The number of imide groups is 1. The number of carbonyl (C=O) groups is 4. The summed E-state index contributed by atoms with van der Waals surface area (Å²) in [5.74, 6) is -1.69. The van der Waals surface area contributed by atoms with Gasteiger partial charge in [-0.2, -0.15) is 0 Å². The Bertz CT molecular complexity index is 1030. The first-order valence-corrected chi connectivity index (χ1v) is 10.2. The first-order valence-electron chi connectivity index (χ1n) is 10.2. The number of ether oxygens (including phenoxy) is 1. The fraction of sp³-hybridized carbons (Fsp3) is 0.391. The second-order valence-corrected chi connectivity index (χ2v) is 7.83. The summed E-state index contributed by atoms with van der Waals surface area (Å²) in [6.45, 7) is 7.22. The van der Waals surface area contributed by atoms with Crippen LogP contribution in [-0.4, -0.2) is 46.3 Å². The van der Waals surface area contributed by atoms with Crippen LogP contribution in [0.15, 0.2) is 36.4 Å². The van der Waals surface area contributed by atoms with E-state index in [-0.39, 0.29) is 5.78 Å². The van der Waals surface area contributed by atoms with E-state index in [0.29, 0.717) is 11.1 Å². The highest BCUT2D eigenvalue weighted by atomic mass is 16.5. The van der Waals surface area contributed by atoms with Gasteiger partial charge in [0, 0.05) is 23.5 Å². The van der Waals surface area contributed by atoms with Gasteiger partial charge in [0.1, 0.15) is 12.1 Å². The van der Waals surface area contributed by atoms with Gasteiger partial charge in [-0.05, 0) is 38.8 Å². The van der Waals surface area contributed by atoms with E-state index in [1.165, 1.54) is 0 Å². The monoisotopic (exact) mass is 425 g/mol. The van der Waals surface area contributed by atoms with Crippen LogP contribution in [-0.2, 0) is 26.4 Å². The summed E-state index contributed by atoms with van der Waals surface area (Å²) >= 11 is 0. The minimum absolute atomic E-state index is 0.324. The third-order valence-corrected chi connectivity index (χ3v) is 5.60. The molecule has 3 rings (SSSR count). The SMILES string of the molecule is CCCn1c(C)cc(C(=O)COC(=O)CN2C(=O)N[C@](C)(c3ccccc3)C2=O)c1C. The fourth-order valence-corrected chi connectivity index (χ4v) is 3.86. The fourth-order valence-electron chi connectivity index (χ4n) is 3.86. The maximum absolute atomic E-state index is 12.8. The minimum Gasteiger partial charge on any atom is -0.456 e. The Morgan fingerprint density at radius 1 is 1.13 bits per heavy atom. The molecule has 1 aromatic heterocycles. The molecular formula is C23H27N3O5. The molecule has 1 N–H and O–H groups in total. The highest BCUT2D eigenvalue weighted by molar-refractivity contribution is 6.09. The van der Waals surface area contributed by atoms with Gasteiger partial charge in [-0.25, -0.2) is 4.79 Å². The Balaban J connectivity index is 1.62. The van der Waals surface area contributed by atoms with Gasteiger partial charge in [0.05, 0.1) is 0 Å². The van der Waals surface area contributed by atoms with E-state index in [1.54, 1.807) is 43.3 Å². The Morgan fingerprint density at radius 2 is 1.81 bits per heavy atom. The Labute approximate surface area is 181 Å². The lowest BCUT2D eigenvalue weighted by Gasteiger charge is -2.21. The predicted molar refractivity (Wildman–Crippen MR) is 114 cm³/mol. The van der Waals surface area contributed by atoms with Gasteiger partial charge >= 0.3 is 12.0 Å². The molecule has 2 aromatic rings. The van der Waals surface area contributed by atoms with Crippen LogP contribution in [0.1, 0.15) is 47.6 Å². The Kier molecular flexibility index (Phi) is 6.29. The lowest BCUT2D eigenvalue weighted by atomic mass is 9.92. The molecule has 1 fully saturated rings. The van der Waals surface area contributed by atoms with Crippen LogP contribution >= 0.6 is 0 Å². The molecule has 8 heteroatoms. The van der Waals surface area contributed by atoms with Crippen molar-refractivity contribution in [3.63, 3.8) is 0 Å². The molecule has 0 bridgehead atoms. The molecule has 8 nitrogen and oxygen atoms in total. The number of nitrogens with zero attached hydrogens (tertiary/aromatic N) is 2. The van der Waals surface area contributed by atoms with Crippen molar-refractivity contribution in [2.75, 3.05) is 13.2 Å². The maximum atomic E-state index is 12.8. The molecule has 0 radical (unpaired) electrons. The van der Waals surface area contributed by atoms with E-state index in [0.717, 1.165) is 29.3 Å². The second-order valence-electron chi connectivity index (χ2n) is 7.83. The van der Waals surface area contributed by atoms with Crippen LogP contribution in [0.5, 0.6) is 0 Å². The van der Waals surface area contributed by atoms with Gasteiger partial charge in [-0.3, -0.25) is 19.3 Å². The van der Waals surface area contributed by atoms with Crippen LogP contribution in [0, 0.1) is 13.8 Å². The number of amides is 3. The van der Waals surface area contributed by atoms with Crippen LogP contribution in [0.4, 0.5) is 4.79 Å². The van der Waals surface area contributed by atoms with Crippen molar-refractivity contribution >= 4 is 23.7 Å². The van der Waals surface area contributed by atoms with Gasteiger partial charge in [0.25, 0.3) is 5.91 Å². The Hall–Kier alpha value is -3.42. The summed E-state index contributed by atoms with van der Waals surface area (Å²) in [4.78, 5) is 50.8. The highest BCUT2D eigenvalue weighted by Gasteiger charge is 2.49. The first kappa shape index (κ1) is 22.3. The van der Waals surface area contributed by atoms with Gasteiger partial charge in [0.15, 0.2) is 6.61 Å². The largest absolute Gasteiger partial charge is 0.456 e. The number of Topliss-reactive ketones (excluding diaryl/α,β-unsaturated/α-hetero) is 1.